The van der Waals surface area contributed by atoms with Crippen molar-refractivity contribution in [3.05, 3.63) is 0 Å². The van der Waals surface area contributed by atoms with Gasteiger partial charge in [-0.3, -0.25) is 0 Å². The molecule has 0 aromatic heterocycles. The van der Waals surface area contributed by atoms with Crippen LogP contribution in [0.3, 0.4) is 0 Å². The second-order valence-electron chi connectivity index (χ2n) is 3.67. The van der Waals surface area contributed by atoms with Gasteiger partial charge in [-0.2, -0.15) is 4.31 Å². The van der Waals surface area contributed by atoms with Crippen LogP contribution in [0.25, 0.3) is 0 Å². The van der Waals surface area contributed by atoms with Crippen LogP contribution in [0.2, 0.25) is 0 Å². The number of hydrogen-bond donors (Lipinski definition) is 1. The fraction of sp³-hybridized carbons (Fsp3) is 1.00. The molecule has 0 spiro atoms. The number of hydrogen-bond acceptors (Lipinski definition) is 3. The fourth-order valence-electron chi connectivity index (χ4n) is 1.16. The maximum Gasteiger partial charge on any atom is 0.216 e. The fourth-order valence-corrected chi connectivity index (χ4v) is 2.58. The lowest BCUT2D eigenvalue weighted by Gasteiger charge is -2.42. The van der Waals surface area contributed by atoms with E-state index in [1.807, 2.05) is 0 Å². The number of sulfonamides is 1. The van der Waals surface area contributed by atoms with Crippen molar-refractivity contribution in [3.63, 3.8) is 0 Å². The van der Waals surface area contributed by atoms with Crippen LogP contribution in [-0.4, -0.2) is 48.4 Å². The van der Waals surface area contributed by atoms with Crippen molar-refractivity contribution in [2.24, 2.45) is 0 Å². The molecule has 0 bridgehead atoms. The molecule has 0 unspecified atom stereocenters. The van der Waals surface area contributed by atoms with Crippen LogP contribution in [0.4, 0.5) is 4.39 Å². The van der Waals surface area contributed by atoms with Crippen molar-refractivity contribution >= 4 is 10.0 Å². The summed E-state index contributed by atoms with van der Waals surface area (Å²) in [6, 6.07) is 0. The molecule has 1 aliphatic heterocycles. The van der Waals surface area contributed by atoms with E-state index >= 15 is 0 Å². The number of rotatable bonds is 3. The van der Waals surface area contributed by atoms with Crippen molar-refractivity contribution in [2.75, 3.05) is 19.7 Å². The Morgan fingerprint density at radius 2 is 2.00 bits per heavy atom. The van der Waals surface area contributed by atoms with E-state index in [2.05, 4.69) is 0 Å². The van der Waals surface area contributed by atoms with Gasteiger partial charge < -0.3 is 5.11 Å². The molecule has 0 aromatic rings. The molecule has 4 nitrogen and oxygen atoms in total. The molecule has 1 heterocycles. The Balaban J connectivity index is 2.63. The van der Waals surface area contributed by atoms with Crippen LogP contribution in [0.1, 0.15) is 13.8 Å². The standard InChI is InChI=1S/C7H14FNO3S/c1-6(2)13(11,12)9-3-7(8,4-9)5-10/h6,10H,3-5H2,1-2H3. The number of alkyl halides is 1. The number of aliphatic hydroxyl groups excluding tert-OH is 1. The quantitative estimate of drug-likeness (QED) is 0.699. The zero-order valence-corrected chi connectivity index (χ0v) is 8.51. The first-order valence-electron chi connectivity index (χ1n) is 4.10. The lowest BCUT2D eigenvalue weighted by atomic mass is 10.0. The SMILES string of the molecule is CC(C)S(=O)(=O)N1CC(F)(CO)C1. The van der Waals surface area contributed by atoms with Crippen LogP contribution in [0.15, 0.2) is 0 Å². The van der Waals surface area contributed by atoms with E-state index < -0.39 is 27.5 Å². The number of halogens is 1. The third-order valence-corrected chi connectivity index (χ3v) is 4.33. The molecule has 0 aromatic carbocycles. The van der Waals surface area contributed by atoms with Crippen LogP contribution in [0.5, 0.6) is 0 Å². The molecule has 0 aliphatic carbocycles. The molecule has 1 saturated heterocycles. The van der Waals surface area contributed by atoms with Gasteiger partial charge in [0.05, 0.1) is 24.9 Å². The summed E-state index contributed by atoms with van der Waals surface area (Å²) in [5.74, 6) is 0. The summed E-state index contributed by atoms with van der Waals surface area (Å²) in [4.78, 5) is 0. The summed E-state index contributed by atoms with van der Waals surface area (Å²) >= 11 is 0. The summed E-state index contributed by atoms with van der Waals surface area (Å²) in [5, 5.41) is 8.04. The molecular weight excluding hydrogens is 197 g/mol. The Kier molecular flexibility index (Phi) is 2.66. The Bertz CT molecular complexity index is 282. The summed E-state index contributed by atoms with van der Waals surface area (Å²) in [7, 11) is -3.34. The van der Waals surface area contributed by atoms with Crippen molar-refractivity contribution in [1.82, 2.24) is 4.31 Å². The number of nitrogens with zero attached hydrogens (tertiary/aromatic N) is 1. The van der Waals surface area contributed by atoms with Crippen LogP contribution < -0.4 is 0 Å². The molecule has 1 N–H and O–H groups in total. The molecule has 0 radical (unpaired) electrons. The smallest absolute Gasteiger partial charge is 0.216 e. The highest BCUT2D eigenvalue weighted by Gasteiger charge is 2.48. The van der Waals surface area contributed by atoms with Gasteiger partial charge in [-0.05, 0) is 13.8 Å². The van der Waals surface area contributed by atoms with Gasteiger partial charge in [0.25, 0.3) is 0 Å². The zero-order chi connectivity index (χ0) is 10.3. The first kappa shape index (κ1) is 10.9. The lowest BCUT2D eigenvalue weighted by Crippen LogP contribution is -2.63. The summed E-state index contributed by atoms with van der Waals surface area (Å²) in [6.45, 7) is 2.05. The molecule has 6 heteroatoms. The van der Waals surface area contributed by atoms with Crippen molar-refractivity contribution in [1.29, 1.82) is 0 Å². The van der Waals surface area contributed by atoms with Gasteiger partial charge in [0.1, 0.15) is 0 Å². The second kappa shape index (κ2) is 3.18. The van der Waals surface area contributed by atoms with Crippen molar-refractivity contribution in [3.8, 4) is 0 Å². The minimum absolute atomic E-state index is 0.218. The van der Waals surface area contributed by atoms with Gasteiger partial charge in [-0.15, -0.1) is 0 Å². The first-order chi connectivity index (χ1) is 5.82. The molecule has 1 rings (SSSR count). The highest BCUT2D eigenvalue weighted by molar-refractivity contribution is 7.89. The summed E-state index contributed by atoms with van der Waals surface area (Å²) in [6.07, 6.45) is 0. The van der Waals surface area contributed by atoms with Crippen molar-refractivity contribution in [2.45, 2.75) is 24.8 Å². The highest BCUT2D eigenvalue weighted by Crippen LogP contribution is 2.28. The van der Waals surface area contributed by atoms with E-state index in [0.29, 0.717) is 0 Å². The molecule has 1 aliphatic rings. The molecule has 0 atom stereocenters. The van der Waals surface area contributed by atoms with E-state index in [1.54, 1.807) is 13.8 Å². The monoisotopic (exact) mass is 211 g/mol. The Morgan fingerprint density at radius 1 is 1.54 bits per heavy atom. The topological polar surface area (TPSA) is 57.6 Å². The zero-order valence-electron chi connectivity index (χ0n) is 7.70. The van der Waals surface area contributed by atoms with Gasteiger partial charge in [0, 0.05) is 0 Å². The first-order valence-corrected chi connectivity index (χ1v) is 5.61. The van der Waals surface area contributed by atoms with Crippen LogP contribution in [0, 0.1) is 0 Å². The van der Waals surface area contributed by atoms with E-state index in [1.165, 1.54) is 0 Å². The van der Waals surface area contributed by atoms with Crippen molar-refractivity contribution < 1.29 is 17.9 Å². The van der Waals surface area contributed by atoms with Crippen LogP contribution >= 0.6 is 0 Å². The lowest BCUT2D eigenvalue weighted by molar-refractivity contribution is -0.0258. The van der Waals surface area contributed by atoms with Gasteiger partial charge in [-0.25, -0.2) is 12.8 Å². The van der Waals surface area contributed by atoms with E-state index in [9.17, 15) is 12.8 Å². The Hall–Kier alpha value is -0.200. The molecule has 13 heavy (non-hydrogen) atoms. The maximum absolute atomic E-state index is 13.1. The molecular formula is C7H14FNO3S. The third-order valence-electron chi connectivity index (χ3n) is 2.16. The highest BCUT2D eigenvalue weighted by atomic mass is 32.2. The third kappa shape index (κ3) is 1.84. The predicted molar refractivity (Wildman–Crippen MR) is 46.6 cm³/mol. The summed E-state index contributed by atoms with van der Waals surface area (Å²) in [5.41, 5.74) is -1.72. The second-order valence-corrected chi connectivity index (χ2v) is 6.16. The molecule has 1 fully saturated rings. The van der Waals surface area contributed by atoms with E-state index in [4.69, 9.17) is 5.11 Å². The summed E-state index contributed by atoms with van der Waals surface area (Å²) < 4.78 is 37.0. The normalized spacial score (nSPS) is 23.2. The molecule has 78 valence electrons. The average molecular weight is 211 g/mol. The van der Waals surface area contributed by atoms with E-state index in [-0.39, 0.29) is 13.1 Å². The predicted octanol–water partition coefficient (Wildman–Crippen LogP) is -0.259. The maximum atomic E-state index is 13.1. The Morgan fingerprint density at radius 3 is 2.31 bits per heavy atom. The van der Waals surface area contributed by atoms with Gasteiger partial charge in [0.2, 0.25) is 10.0 Å². The largest absolute Gasteiger partial charge is 0.393 e. The minimum atomic E-state index is -3.34. The van der Waals surface area contributed by atoms with E-state index in [0.717, 1.165) is 4.31 Å². The Labute approximate surface area is 77.4 Å². The minimum Gasteiger partial charge on any atom is -0.393 e. The molecule has 0 saturated carbocycles. The van der Waals surface area contributed by atoms with Gasteiger partial charge in [0.15, 0.2) is 5.67 Å². The molecule has 0 amide bonds. The van der Waals surface area contributed by atoms with Gasteiger partial charge in [-0.1, -0.05) is 0 Å². The number of aliphatic hydroxyl groups is 1. The van der Waals surface area contributed by atoms with Crippen LogP contribution in [-0.2, 0) is 10.0 Å². The van der Waals surface area contributed by atoms with Gasteiger partial charge >= 0.3 is 0 Å². The average Bonchev–Trinajstić information content (AvgIpc) is 1.98.